The van der Waals surface area contributed by atoms with E-state index >= 15 is 0 Å². The molecule has 0 aliphatic carbocycles. The van der Waals surface area contributed by atoms with Gasteiger partial charge in [-0.25, -0.2) is 0 Å². The number of hydrogen-bond acceptors (Lipinski definition) is 5. The van der Waals surface area contributed by atoms with Gasteiger partial charge in [-0.2, -0.15) is 0 Å². The van der Waals surface area contributed by atoms with Crippen LogP contribution in [0.5, 0.6) is 0 Å². The lowest BCUT2D eigenvalue weighted by molar-refractivity contribution is -0.587. The molecule has 154 valence electrons. The van der Waals surface area contributed by atoms with E-state index in [1.165, 1.54) is 35.6 Å². The molecule has 2 aliphatic heterocycles. The molecule has 30 heavy (non-hydrogen) atoms. The van der Waals surface area contributed by atoms with Crippen LogP contribution in [0.1, 0.15) is 29.0 Å². The van der Waals surface area contributed by atoms with E-state index in [1.807, 2.05) is 6.07 Å². The standard InChI is InChI=1S/C22H21ClN4O2S/c23-20-8-7-19(30-20)21(28)24-14-17-13-18(25-29-17)15-3-5-16(6-4-15)22(26-9-1-10-26)27-11-2-12-27/h3-8,13H,1-2,9-12,14H2. The number of hydrogen-bond donors (Lipinski definition) is 0. The molecule has 2 saturated heterocycles. The van der Waals surface area contributed by atoms with Gasteiger partial charge in [0.2, 0.25) is 0 Å². The van der Waals surface area contributed by atoms with E-state index in [0.717, 1.165) is 37.4 Å². The highest BCUT2D eigenvalue weighted by atomic mass is 35.5. The molecule has 1 aromatic carbocycles. The molecular weight excluding hydrogens is 420 g/mol. The lowest BCUT2D eigenvalue weighted by Gasteiger charge is -2.31. The Hall–Kier alpha value is -2.64. The predicted molar refractivity (Wildman–Crippen MR) is 116 cm³/mol. The van der Waals surface area contributed by atoms with Gasteiger partial charge in [0, 0.05) is 29.3 Å². The minimum atomic E-state index is -0.297. The zero-order valence-electron chi connectivity index (χ0n) is 16.4. The van der Waals surface area contributed by atoms with Crippen molar-refractivity contribution in [3.63, 3.8) is 0 Å². The second kappa shape index (κ2) is 8.24. The molecule has 2 aromatic heterocycles. The summed E-state index contributed by atoms with van der Waals surface area (Å²) in [5.74, 6) is 1.61. The van der Waals surface area contributed by atoms with Gasteiger partial charge in [-0.15, -0.1) is 11.3 Å². The van der Waals surface area contributed by atoms with Gasteiger partial charge in [0.25, 0.3) is 5.84 Å². The van der Waals surface area contributed by atoms with Crippen molar-refractivity contribution in [3.05, 3.63) is 63.0 Å². The first-order chi connectivity index (χ1) is 14.7. The van der Waals surface area contributed by atoms with Crippen LogP contribution in [0.2, 0.25) is 4.34 Å². The van der Waals surface area contributed by atoms with E-state index in [-0.39, 0.29) is 12.4 Å². The summed E-state index contributed by atoms with van der Waals surface area (Å²) in [4.78, 5) is 7.04. The highest BCUT2D eigenvalue weighted by Crippen LogP contribution is 2.24. The highest BCUT2D eigenvalue weighted by molar-refractivity contribution is 7.17. The lowest BCUT2D eigenvalue weighted by atomic mass is 10.0. The second-order valence-electron chi connectivity index (χ2n) is 7.49. The first-order valence-corrected chi connectivity index (χ1v) is 11.3. The lowest BCUT2D eigenvalue weighted by Crippen LogP contribution is -2.49. The van der Waals surface area contributed by atoms with Gasteiger partial charge in [0.05, 0.1) is 42.6 Å². The van der Waals surface area contributed by atoms with Crippen molar-refractivity contribution in [1.29, 1.82) is 0 Å². The van der Waals surface area contributed by atoms with Crippen LogP contribution in [0.25, 0.3) is 11.3 Å². The minimum Gasteiger partial charge on any atom is -0.858 e. The molecule has 0 unspecified atom stereocenters. The summed E-state index contributed by atoms with van der Waals surface area (Å²) in [6.07, 6.45) is 2.54. The zero-order chi connectivity index (χ0) is 20.5. The van der Waals surface area contributed by atoms with Gasteiger partial charge in [0.15, 0.2) is 5.76 Å². The highest BCUT2D eigenvalue weighted by Gasteiger charge is 2.32. The van der Waals surface area contributed by atoms with Crippen molar-refractivity contribution in [1.82, 2.24) is 10.1 Å². The van der Waals surface area contributed by atoms with Crippen LogP contribution in [0.15, 0.2) is 52.0 Å². The Morgan fingerprint density at radius 1 is 1.17 bits per heavy atom. The van der Waals surface area contributed by atoms with E-state index in [9.17, 15) is 5.11 Å². The van der Waals surface area contributed by atoms with Gasteiger partial charge in [-0.3, -0.25) is 14.5 Å². The van der Waals surface area contributed by atoms with Crippen molar-refractivity contribution in [2.45, 2.75) is 19.4 Å². The van der Waals surface area contributed by atoms with Crippen LogP contribution in [-0.2, 0) is 6.54 Å². The van der Waals surface area contributed by atoms with E-state index in [4.69, 9.17) is 16.1 Å². The van der Waals surface area contributed by atoms with Crippen LogP contribution in [0.4, 0.5) is 0 Å². The monoisotopic (exact) mass is 440 g/mol. The van der Waals surface area contributed by atoms with Gasteiger partial charge in [-0.1, -0.05) is 28.9 Å². The van der Waals surface area contributed by atoms with E-state index < -0.39 is 0 Å². The molecule has 6 nitrogen and oxygen atoms in total. The molecule has 8 heteroatoms. The van der Waals surface area contributed by atoms with Gasteiger partial charge in [0.1, 0.15) is 5.69 Å². The smallest absolute Gasteiger partial charge is 0.279 e. The maximum atomic E-state index is 12.1. The average Bonchev–Trinajstić information content (AvgIpc) is 3.32. The second-order valence-corrected chi connectivity index (χ2v) is 9.20. The molecule has 5 rings (SSSR count). The van der Waals surface area contributed by atoms with Crippen molar-refractivity contribution in [3.8, 4) is 11.3 Å². The fraction of sp³-hybridized carbons (Fsp3) is 0.318. The molecule has 0 amide bonds. The number of nitrogens with zero attached hydrogens (tertiary/aromatic N) is 4. The first-order valence-electron chi connectivity index (χ1n) is 10.1. The van der Waals surface area contributed by atoms with E-state index in [1.54, 1.807) is 12.1 Å². The van der Waals surface area contributed by atoms with Gasteiger partial charge < -0.3 is 9.63 Å². The fourth-order valence-electron chi connectivity index (χ4n) is 3.59. The molecule has 0 N–H and O–H groups in total. The average molecular weight is 441 g/mol. The zero-order valence-corrected chi connectivity index (χ0v) is 18.0. The Bertz CT molecular complexity index is 1110. The number of likely N-dealkylation sites (tertiary alicyclic amines) is 1. The van der Waals surface area contributed by atoms with Gasteiger partial charge in [-0.05, 0) is 30.2 Å². The molecule has 2 aliphatic rings. The molecule has 4 heterocycles. The summed E-state index contributed by atoms with van der Waals surface area (Å²) in [7, 11) is 0. The first kappa shape index (κ1) is 19.3. The van der Waals surface area contributed by atoms with Crippen LogP contribution >= 0.6 is 22.9 Å². The summed E-state index contributed by atoms with van der Waals surface area (Å²) in [5, 5.41) is 16.2. The third-order valence-corrected chi connectivity index (χ3v) is 6.69. The van der Waals surface area contributed by atoms with Crippen LogP contribution in [0.3, 0.4) is 0 Å². The summed E-state index contributed by atoms with van der Waals surface area (Å²) >= 11 is 7.09. The number of thiophene rings is 1. The Kier molecular flexibility index (Phi) is 5.31. The Labute approximate surface area is 183 Å². The maximum Gasteiger partial charge on any atom is 0.279 e. The third kappa shape index (κ3) is 3.87. The number of rotatable bonds is 5. The van der Waals surface area contributed by atoms with Gasteiger partial charge >= 0.3 is 0 Å². The van der Waals surface area contributed by atoms with Crippen molar-refractivity contribution in [2.24, 2.45) is 4.99 Å². The normalized spacial score (nSPS) is 16.4. The third-order valence-electron chi connectivity index (χ3n) is 5.47. The Morgan fingerprint density at radius 3 is 2.57 bits per heavy atom. The molecule has 0 spiro atoms. The SMILES string of the molecule is [O-]C(=NCc1cc(-c2ccc(C(N3CCC3)=[N+]3CCC3)cc2)no1)c1ccc(Cl)s1. The van der Waals surface area contributed by atoms with Crippen molar-refractivity contribution < 1.29 is 14.2 Å². The largest absolute Gasteiger partial charge is 0.858 e. The number of aliphatic imine (C=N–C) groups is 1. The number of aromatic nitrogens is 1. The summed E-state index contributed by atoms with van der Waals surface area (Å²) < 4.78 is 8.41. The molecule has 0 bridgehead atoms. The van der Waals surface area contributed by atoms with Crippen LogP contribution in [-0.4, -0.2) is 52.5 Å². The molecule has 0 saturated carbocycles. The van der Waals surface area contributed by atoms with E-state index in [2.05, 4.69) is 43.9 Å². The number of halogens is 1. The van der Waals surface area contributed by atoms with Crippen LogP contribution < -0.4 is 5.11 Å². The summed E-state index contributed by atoms with van der Waals surface area (Å²) in [6, 6.07) is 13.7. The quantitative estimate of drug-likeness (QED) is 0.347. The maximum absolute atomic E-state index is 12.1. The number of benzene rings is 1. The number of amidine groups is 1. The van der Waals surface area contributed by atoms with Crippen molar-refractivity contribution in [2.75, 3.05) is 26.2 Å². The predicted octanol–water partition coefficient (Wildman–Crippen LogP) is 3.23. The summed E-state index contributed by atoms with van der Waals surface area (Å²) in [6.45, 7) is 4.71. The van der Waals surface area contributed by atoms with Crippen LogP contribution in [0, 0.1) is 0 Å². The van der Waals surface area contributed by atoms with E-state index in [0.29, 0.717) is 15.0 Å². The molecule has 3 aromatic rings. The molecule has 2 fully saturated rings. The molecule has 0 atom stereocenters. The fourth-order valence-corrected chi connectivity index (χ4v) is 4.54. The molecular formula is C22H21ClN4O2S. The van der Waals surface area contributed by atoms with Crippen molar-refractivity contribution >= 4 is 34.7 Å². The topological polar surface area (TPSA) is 67.7 Å². The Morgan fingerprint density at radius 2 is 1.97 bits per heavy atom. The molecule has 0 radical (unpaired) electrons. The summed E-state index contributed by atoms with van der Waals surface area (Å²) in [5.41, 5.74) is 2.97. The minimum absolute atomic E-state index is 0.154. The Balaban J connectivity index is 1.30.